The van der Waals surface area contributed by atoms with Crippen LogP contribution in [0, 0.1) is 5.92 Å². The van der Waals surface area contributed by atoms with Crippen LogP contribution in [0.4, 0.5) is 4.79 Å². The highest BCUT2D eigenvalue weighted by Crippen LogP contribution is 2.44. The number of benzene rings is 2. The number of fused-ring (bicyclic) bond motifs is 3. The molecule has 3 atom stereocenters. The highest BCUT2D eigenvalue weighted by atomic mass is 16.5. The van der Waals surface area contributed by atoms with Gasteiger partial charge in [0.25, 0.3) is 0 Å². The molecule has 34 heavy (non-hydrogen) atoms. The standard InChI is InChI=1S/C26H30N2O6/c1-26(33,24(30)31)15-27-23(29)13-16-10-11-17(12-16)28-25(32)34-14-22-20-8-4-2-6-18(20)19-7-3-5-9-21(19)22/h2-9,16-17,22,33H,10-15H2,1H3,(H,27,29)(H,28,32)(H,30,31). The average Bonchev–Trinajstić information content (AvgIpc) is 3.38. The van der Waals surface area contributed by atoms with Gasteiger partial charge in [0.15, 0.2) is 5.60 Å². The molecule has 0 aromatic heterocycles. The lowest BCUT2D eigenvalue weighted by molar-refractivity contribution is -0.156. The molecule has 8 heteroatoms. The summed E-state index contributed by atoms with van der Waals surface area (Å²) in [7, 11) is 0. The summed E-state index contributed by atoms with van der Waals surface area (Å²) in [5.74, 6) is -1.62. The van der Waals surface area contributed by atoms with Gasteiger partial charge >= 0.3 is 12.1 Å². The number of nitrogens with one attached hydrogen (secondary N) is 2. The molecule has 2 aliphatic carbocycles. The SMILES string of the molecule is CC(O)(CNC(=O)CC1CCC(NC(=O)OCC2c3ccccc3-c3ccccc32)C1)C(=O)O. The van der Waals surface area contributed by atoms with E-state index in [4.69, 9.17) is 9.84 Å². The van der Waals surface area contributed by atoms with E-state index in [1.54, 1.807) is 0 Å². The molecular formula is C26H30N2O6. The Morgan fingerprint density at radius 1 is 1.03 bits per heavy atom. The summed E-state index contributed by atoms with van der Waals surface area (Å²) < 4.78 is 5.60. The van der Waals surface area contributed by atoms with Crippen molar-refractivity contribution in [2.75, 3.05) is 13.2 Å². The molecular weight excluding hydrogens is 436 g/mol. The molecule has 2 aromatic carbocycles. The van der Waals surface area contributed by atoms with E-state index in [2.05, 4.69) is 34.9 Å². The zero-order valence-corrected chi connectivity index (χ0v) is 19.1. The Bertz CT molecular complexity index is 1040. The number of amides is 2. The van der Waals surface area contributed by atoms with E-state index in [0.29, 0.717) is 6.42 Å². The van der Waals surface area contributed by atoms with Crippen LogP contribution in [0.5, 0.6) is 0 Å². The zero-order chi connectivity index (χ0) is 24.3. The third-order valence-corrected chi connectivity index (χ3v) is 6.77. The van der Waals surface area contributed by atoms with Crippen LogP contribution in [-0.4, -0.2) is 53.0 Å². The first-order valence-electron chi connectivity index (χ1n) is 11.6. The number of carboxylic acids is 1. The maximum atomic E-state index is 12.5. The van der Waals surface area contributed by atoms with Gasteiger partial charge in [-0.1, -0.05) is 48.5 Å². The molecule has 2 aliphatic rings. The van der Waals surface area contributed by atoms with Crippen LogP contribution in [0.15, 0.2) is 48.5 Å². The van der Waals surface area contributed by atoms with Gasteiger partial charge in [0.2, 0.25) is 5.91 Å². The van der Waals surface area contributed by atoms with Crippen LogP contribution in [0.1, 0.15) is 49.7 Å². The second kappa shape index (κ2) is 9.85. The zero-order valence-electron chi connectivity index (χ0n) is 19.1. The Hall–Kier alpha value is -3.39. The molecule has 2 aromatic rings. The minimum absolute atomic E-state index is 0.00110. The van der Waals surface area contributed by atoms with Gasteiger partial charge in [-0.2, -0.15) is 0 Å². The van der Waals surface area contributed by atoms with E-state index in [1.165, 1.54) is 11.1 Å². The minimum Gasteiger partial charge on any atom is -0.479 e. The van der Waals surface area contributed by atoms with Gasteiger partial charge in [-0.05, 0) is 54.4 Å². The first-order chi connectivity index (χ1) is 16.2. The third-order valence-electron chi connectivity index (χ3n) is 6.77. The van der Waals surface area contributed by atoms with Gasteiger partial charge in [0, 0.05) is 18.4 Å². The predicted octanol–water partition coefficient (Wildman–Crippen LogP) is 3.04. The number of carbonyl (C=O) groups is 3. The number of rotatable bonds is 8. The number of carboxylic acid groups (broad SMARTS) is 1. The van der Waals surface area contributed by atoms with Crippen molar-refractivity contribution in [1.82, 2.24) is 10.6 Å². The van der Waals surface area contributed by atoms with Crippen molar-refractivity contribution in [3.63, 3.8) is 0 Å². The average molecular weight is 467 g/mol. The Kier molecular flexibility index (Phi) is 6.88. The van der Waals surface area contributed by atoms with Crippen molar-refractivity contribution < 1.29 is 29.3 Å². The summed E-state index contributed by atoms with van der Waals surface area (Å²) in [6.07, 6.45) is 1.92. The fourth-order valence-electron chi connectivity index (χ4n) is 4.88. The molecule has 4 N–H and O–H groups in total. The number of aliphatic carboxylic acids is 1. The Labute approximate surface area is 198 Å². The lowest BCUT2D eigenvalue weighted by Crippen LogP contribution is -2.46. The van der Waals surface area contributed by atoms with Crippen LogP contribution in [-0.2, 0) is 14.3 Å². The molecule has 1 fully saturated rings. The quantitative estimate of drug-likeness (QED) is 0.474. The molecule has 0 spiro atoms. The summed E-state index contributed by atoms with van der Waals surface area (Å²) >= 11 is 0. The second-order valence-electron chi connectivity index (χ2n) is 9.41. The highest BCUT2D eigenvalue weighted by Gasteiger charge is 2.33. The van der Waals surface area contributed by atoms with Crippen LogP contribution in [0.25, 0.3) is 11.1 Å². The second-order valence-corrected chi connectivity index (χ2v) is 9.41. The van der Waals surface area contributed by atoms with Gasteiger partial charge < -0.3 is 25.6 Å². The molecule has 0 saturated heterocycles. The van der Waals surface area contributed by atoms with Gasteiger partial charge in [0.05, 0.1) is 6.54 Å². The van der Waals surface area contributed by atoms with Crippen molar-refractivity contribution in [2.45, 2.75) is 50.2 Å². The molecule has 4 rings (SSSR count). The first kappa shape index (κ1) is 23.8. The molecule has 1 saturated carbocycles. The Morgan fingerprint density at radius 2 is 1.65 bits per heavy atom. The lowest BCUT2D eigenvalue weighted by Gasteiger charge is -2.19. The number of aliphatic hydroxyl groups is 1. The Morgan fingerprint density at radius 3 is 2.26 bits per heavy atom. The van der Waals surface area contributed by atoms with Crippen molar-refractivity contribution in [3.05, 3.63) is 59.7 Å². The maximum absolute atomic E-state index is 12.5. The Balaban J connectivity index is 1.24. The van der Waals surface area contributed by atoms with E-state index < -0.39 is 17.7 Å². The molecule has 0 aliphatic heterocycles. The van der Waals surface area contributed by atoms with Crippen molar-refractivity contribution in [3.8, 4) is 11.1 Å². The highest BCUT2D eigenvalue weighted by molar-refractivity contribution is 5.80. The summed E-state index contributed by atoms with van der Waals surface area (Å²) in [6, 6.07) is 16.3. The molecule has 3 unspecified atom stereocenters. The molecule has 2 amide bonds. The largest absolute Gasteiger partial charge is 0.479 e. The van der Waals surface area contributed by atoms with Crippen LogP contribution < -0.4 is 10.6 Å². The van der Waals surface area contributed by atoms with Crippen LogP contribution in [0.2, 0.25) is 0 Å². The number of carbonyl (C=O) groups excluding carboxylic acids is 2. The summed E-state index contributed by atoms with van der Waals surface area (Å²) in [5, 5.41) is 24.0. The fourth-order valence-corrected chi connectivity index (χ4v) is 4.88. The van der Waals surface area contributed by atoms with Gasteiger partial charge in [-0.3, -0.25) is 4.79 Å². The van der Waals surface area contributed by atoms with Crippen molar-refractivity contribution >= 4 is 18.0 Å². The van der Waals surface area contributed by atoms with Crippen molar-refractivity contribution in [1.29, 1.82) is 0 Å². The first-order valence-corrected chi connectivity index (χ1v) is 11.6. The summed E-state index contributed by atoms with van der Waals surface area (Å²) in [6.45, 7) is 1.04. The van der Waals surface area contributed by atoms with Crippen LogP contribution in [0.3, 0.4) is 0 Å². The third kappa shape index (κ3) is 5.22. The molecule has 0 bridgehead atoms. The van der Waals surface area contributed by atoms with Crippen LogP contribution >= 0.6 is 0 Å². The predicted molar refractivity (Wildman–Crippen MR) is 125 cm³/mol. The molecule has 180 valence electrons. The van der Waals surface area contributed by atoms with E-state index >= 15 is 0 Å². The normalized spacial score (nSPS) is 20.6. The van der Waals surface area contributed by atoms with E-state index in [-0.39, 0.29) is 43.4 Å². The monoisotopic (exact) mass is 466 g/mol. The number of alkyl carbamates (subject to hydrolysis) is 1. The lowest BCUT2D eigenvalue weighted by atomic mass is 9.98. The smallest absolute Gasteiger partial charge is 0.407 e. The molecule has 8 nitrogen and oxygen atoms in total. The van der Waals surface area contributed by atoms with Gasteiger partial charge in [-0.25, -0.2) is 9.59 Å². The van der Waals surface area contributed by atoms with Crippen molar-refractivity contribution in [2.24, 2.45) is 5.92 Å². The topological polar surface area (TPSA) is 125 Å². The summed E-state index contributed by atoms with van der Waals surface area (Å²) in [5.41, 5.74) is 2.66. The fraction of sp³-hybridized carbons (Fsp3) is 0.423. The summed E-state index contributed by atoms with van der Waals surface area (Å²) in [4.78, 5) is 35.5. The number of hydrogen-bond acceptors (Lipinski definition) is 5. The van der Waals surface area contributed by atoms with E-state index in [0.717, 1.165) is 30.9 Å². The number of hydrogen-bond donors (Lipinski definition) is 4. The maximum Gasteiger partial charge on any atom is 0.407 e. The van der Waals surface area contributed by atoms with E-state index in [1.807, 2.05) is 24.3 Å². The van der Waals surface area contributed by atoms with Gasteiger partial charge in [0.1, 0.15) is 6.61 Å². The molecule has 0 radical (unpaired) electrons. The number of ether oxygens (including phenoxy) is 1. The van der Waals surface area contributed by atoms with E-state index in [9.17, 15) is 19.5 Å². The minimum atomic E-state index is -2.00. The van der Waals surface area contributed by atoms with Gasteiger partial charge in [-0.15, -0.1) is 0 Å². The molecule has 0 heterocycles.